The first-order chi connectivity index (χ1) is 11.8. The Labute approximate surface area is 154 Å². The summed E-state index contributed by atoms with van der Waals surface area (Å²) in [7, 11) is 0. The third-order valence-electron chi connectivity index (χ3n) is 10.0. The van der Waals surface area contributed by atoms with Crippen LogP contribution in [0.3, 0.4) is 0 Å². The Kier molecular flexibility index (Phi) is 4.19. The monoisotopic (exact) mass is 346 g/mol. The first-order valence-electron chi connectivity index (χ1n) is 11.0. The van der Waals surface area contributed by atoms with Gasteiger partial charge in [0.2, 0.25) is 0 Å². The van der Waals surface area contributed by atoms with Crippen molar-refractivity contribution in [2.45, 2.75) is 97.5 Å². The van der Waals surface area contributed by atoms with Crippen molar-refractivity contribution >= 4 is 5.78 Å². The fourth-order valence-electron chi connectivity index (χ4n) is 8.41. The van der Waals surface area contributed by atoms with Crippen molar-refractivity contribution in [3.8, 4) is 0 Å². The van der Waals surface area contributed by atoms with Gasteiger partial charge in [-0.3, -0.25) is 4.79 Å². The van der Waals surface area contributed by atoms with Crippen LogP contribution in [0.4, 0.5) is 0 Å². The van der Waals surface area contributed by atoms with Crippen molar-refractivity contribution in [2.75, 3.05) is 0 Å². The van der Waals surface area contributed by atoms with Gasteiger partial charge in [-0.2, -0.15) is 0 Å². The minimum Gasteiger partial charge on any atom is -0.389 e. The predicted molar refractivity (Wildman–Crippen MR) is 101 cm³/mol. The molecule has 0 radical (unpaired) electrons. The van der Waals surface area contributed by atoms with Gasteiger partial charge in [0.25, 0.3) is 0 Å². The van der Waals surface area contributed by atoms with Crippen molar-refractivity contribution in [1.29, 1.82) is 0 Å². The topological polar surface area (TPSA) is 37.3 Å². The Morgan fingerprint density at radius 2 is 1.76 bits per heavy atom. The Balaban J connectivity index is 1.65. The highest BCUT2D eigenvalue weighted by atomic mass is 16.3. The van der Waals surface area contributed by atoms with Gasteiger partial charge < -0.3 is 5.11 Å². The van der Waals surface area contributed by atoms with E-state index in [2.05, 4.69) is 27.7 Å². The molecule has 4 rings (SSSR count). The molecule has 0 aliphatic heterocycles. The van der Waals surface area contributed by atoms with Crippen LogP contribution in [0, 0.1) is 40.4 Å². The molecule has 1 N–H and O–H groups in total. The Bertz CT molecular complexity index is 556. The van der Waals surface area contributed by atoms with Gasteiger partial charge in [0, 0.05) is 12.8 Å². The third kappa shape index (κ3) is 2.28. The molecule has 2 heteroatoms. The number of hydrogen-bond donors (Lipinski definition) is 1. The van der Waals surface area contributed by atoms with Crippen molar-refractivity contribution in [1.82, 2.24) is 0 Å². The largest absolute Gasteiger partial charge is 0.389 e. The maximum atomic E-state index is 12.2. The van der Waals surface area contributed by atoms with Gasteiger partial charge in [0.15, 0.2) is 0 Å². The van der Waals surface area contributed by atoms with Gasteiger partial charge >= 0.3 is 0 Å². The number of carbonyl (C=O) groups is 1. The van der Waals surface area contributed by atoms with E-state index in [-0.39, 0.29) is 5.41 Å². The van der Waals surface area contributed by atoms with Crippen LogP contribution in [-0.4, -0.2) is 16.5 Å². The molecule has 4 aliphatic carbocycles. The molecule has 4 fully saturated rings. The highest BCUT2D eigenvalue weighted by molar-refractivity contribution is 5.80. The quantitative estimate of drug-likeness (QED) is 0.729. The molecule has 2 nitrogen and oxygen atoms in total. The van der Waals surface area contributed by atoms with E-state index in [4.69, 9.17) is 0 Å². The van der Waals surface area contributed by atoms with Crippen LogP contribution in [0.1, 0.15) is 91.9 Å². The molecule has 0 spiro atoms. The highest BCUT2D eigenvalue weighted by Gasteiger charge is 2.65. The Morgan fingerprint density at radius 3 is 2.48 bits per heavy atom. The van der Waals surface area contributed by atoms with Crippen LogP contribution >= 0.6 is 0 Å². The van der Waals surface area contributed by atoms with Crippen molar-refractivity contribution in [3.63, 3.8) is 0 Å². The summed E-state index contributed by atoms with van der Waals surface area (Å²) >= 11 is 0. The molecule has 0 amide bonds. The minimum absolute atomic E-state index is 0.126. The van der Waals surface area contributed by atoms with Crippen LogP contribution in [0.25, 0.3) is 0 Å². The summed E-state index contributed by atoms with van der Waals surface area (Å²) < 4.78 is 0. The molecular weight excluding hydrogens is 308 g/mol. The molecule has 0 bridgehead atoms. The van der Waals surface area contributed by atoms with E-state index in [9.17, 15) is 9.90 Å². The molecule has 4 saturated carbocycles. The molecule has 0 aromatic heterocycles. The first-order valence-corrected chi connectivity index (χ1v) is 11.0. The van der Waals surface area contributed by atoms with Crippen LogP contribution in [0.5, 0.6) is 0 Å². The van der Waals surface area contributed by atoms with E-state index in [1.807, 2.05) is 0 Å². The average molecular weight is 347 g/mol. The number of ketones is 1. The molecule has 0 unspecified atom stereocenters. The molecule has 0 aromatic carbocycles. The van der Waals surface area contributed by atoms with Crippen molar-refractivity contribution in [2.24, 2.45) is 40.4 Å². The molecule has 0 heterocycles. The summed E-state index contributed by atoms with van der Waals surface area (Å²) in [5.74, 6) is 3.91. The first kappa shape index (κ1) is 18.0. The highest BCUT2D eigenvalue weighted by Crippen LogP contribution is 2.69. The van der Waals surface area contributed by atoms with E-state index < -0.39 is 5.60 Å². The SMILES string of the molecule is CCC[C@]1(O)CC[C@H]2[C@@H]3CC[C@H]4CC(=O)C[C@H](C)[C@]4(C)[C@@H]3CC[C@@]21C. The van der Waals surface area contributed by atoms with E-state index >= 15 is 0 Å². The zero-order valence-electron chi connectivity index (χ0n) is 16.8. The zero-order chi connectivity index (χ0) is 18.0. The van der Waals surface area contributed by atoms with Gasteiger partial charge in [-0.05, 0) is 85.4 Å². The lowest BCUT2D eigenvalue weighted by Crippen LogP contribution is -2.58. The second-order valence-electron chi connectivity index (χ2n) is 10.6. The predicted octanol–water partition coefficient (Wildman–Crippen LogP) is 5.38. The average Bonchev–Trinajstić information content (AvgIpc) is 2.81. The fourth-order valence-corrected chi connectivity index (χ4v) is 8.41. The van der Waals surface area contributed by atoms with Gasteiger partial charge in [-0.25, -0.2) is 0 Å². The number of fused-ring (bicyclic) bond motifs is 5. The van der Waals surface area contributed by atoms with E-state index in [1.54, 1.807) is 0 Å². The lowest BCUT2D eigenvalue weighted by Gasteiger charge is -2.62. The van der Waals surface area contributed by atoms with Crippen LogP contribution in [0.15, 0.2) is 0 Å². The number of Topliss-reactive ketones (excluding diaryl/α,β-unsaturated/α-hetero) is 1. The van der Waals surface area contributed by atoms with Crippen molar-refractivity contribution < 1.29 is 9.90 Å². The van der Waals surface area contributed by atoms with Crippen molar-refractivity contribution in [3.05, 3.63) is 0 Å². The standard InChI is InChI=1S/C23H38O2/c1-5-10-23(25)12-9-19-18-7-6-16-14-17(24)13-15(2)22(16,4)20(18)8-11-21(19,23)3/h15-16,18-20,25H,5-14H2,1-4H3/t15-,16-,18-,19-,20+,21-,22-,23-/m0/s1. The second kappa shape index (κ2) is 5.81. The summed E-state index contributed by atoms with van der Waals surface area (Å²) in [6.45, 7) is 9.51. The molecule has 0 aromatic rings. The molecule has 142 valence electrons. The maximum absolute atomic E-state index is 12.2. The molecule has 0 saturated heterocycles. The summed E-state index contributed by atoms with van der Waals surface area (Å²) in [5, 5.41) is 11.5. The van der Waals surface area contributed by atoms with Gasteiger partial charge in [-0.15, -0.1) is 0 Å². The fraction of sp³-hybridized carbons (Fsp3) is 0.957. The lowest BCUT2D eigenvalue weighted by atomic mass is 9.42. The number of hydrogen-bond acceptors (Lipinski definition) is 2. The molecular formula is C23H38O2. The normalized spacial score (nSPS) is 55.4. The van der Waals surface area contributed by atoms with Crippen LogP contribution in [-0.2, 0) is 4.79 Å². The molecule has 25 heavy (non-hydrogen) atoms. The second-order valence-corrected chi connectivity index (χ2v) is 10.6. The Morgan fingerprint density at radius 1 is 1.04 bits per heavy atom. The van der Waals surface area contributed by atoms with E-state index in [0.717, 1.165) is 43.9 Å². The number of carbonyl (C=O) groups excluding carboxylic acids is 1. The van der Waals surface area contributed by atoms with E-state index in [1.165, 1.54) is 32.1 Å². The Hall–Kier alpha value is -0.370. The number of aliphatic hydroxyl groups is 1. The smallest absolute Gasteiger partial charge is 0.133 e. The van der Waals surface area contributed by atoms with Crippen LogP contribution in [0.2, 0.25) is 0 Å². The summed E-state index contributed by atoms with van der Waals surface area (Å²) in [6.07, 6.45) is 11.0. The summed E-state index contributed by atoms with van der Waals surface area (Å²) in [4.78, 5) is 12.2. The minimum atomic E-state index is -0.427. The zero-order valence-corrected chi connectivity index (χ0v) is 16.8. The number of rotatable bonds is 2. The molecule has 8 atom stereocenters. The van der Waals surface area contributed by atoms with Gasteiger partial charge in [0.05, 0.1) is 5.60 Å². The van der Waals surface area contributed by atoms with E-state index in [0.29, 0.717) is 29.0 Å². The van der Waals surface area contributed by atoms with Gasteiger partial charge in [-0.1, -0.05) is 34.1 Å². The lowest BCUT2D eigenvalue weighted by molar-refractivity contribution is -0.169. The maximum Gasteiger partial charge on any atom is 0.133 e. The van der Waals surface area contributed by atoms with Crippen LogP contribution < -0.4 is 0 Å². The third-order valence-corrected chi connectivity index (χ3v) is 10.0. The summed E-state index contributed by atoms with van der Waals surface area (Å²) in [5.41, 5.74) is 0.0496. The molecule has 4 aliphatic rings. The summed E-state index contributed by atoms with van der Waals surface area (Å²) in [6, 6.07) is 0. The van der Waals surface area contributed by atoms with Gasteiger partial charge in [0.1, 0.15) is 5.78 Å².